The first-order valence-corrected chi connectivity index (χ1v) is 9.30. The Bertz CT molecular complexity index is 1180. The fourth-order valence-electron chi connectivity index (χ4n) is 3.84. The van der Waals surface area contributed by atoms with Gasteiger partial charge in [0.25, 0.3) is 11.5 Å². The van der Waals surface area contributed by atoms with E-state index in [0.717, 1.165) is 11.1 Å². The lowest BCUT2D eigenvalue weighted by atomic mass is 10.0. The number of imide groups is 1. The van der Waals surface area contributed by atoms with Crippen molar-refractivity contribution >= 4 is 28.4 Å². The molecule has 0 aliphatic carbocycles. The first-order valence-electron chi connectivity index (χ1n) is 9.30. The van der Waals surface area contributed by atoms with Gasteiger partial charge in [-0.1, -0.05) is 24.3 Å². The zero-order valence-electron chi connectivity index (χ0n) is 16.1. The lowest BCUT2D eigenvalue weighted by Gasteiger charge is -2.33. The highest BCUT2D eigenvalue weighted by Gasteiger charge is 2.38. The summed E-state index contributed by atoms with van der Waals surface area (Å²) in [4.78, 5) is 44.8. The van der Waals surface area contributed by atoms with Gasteiger partial charge in [0.2, 0.25) is 5.91 Å². The van der Waals surface area contributed by atoms with Gasteiger partial charge >= 0.3 is 0 Å². The van der Waals surface area contributed by atoms with E-state index in [2.05, 4.69) is 4.98 Å². The Morgan fingerprint density at radius 2 is 1.75 bits per heavy atom. The third-order valence-electron chi connectivity index (χ3n) is 5.29. The molecule has 1 atom stereocenters. The van der Waals surface area contributed by atoms with Crippen molar-refractivity contribution in [3.05, 3.63) is 69.8 Å². The number of aromatic nitrogens is 2. The molecule has 0 N–H and O–H groups in total. The zero-order chi connectivity index (χ0) is 20.0. The van der Waals surface area contributed by atoms with Crippen LogP contribution in [0.2, 0.25) is 0 Å². The summed E-state index contributed by atoms with van der Waals surface area (Å²) in [6.45, 7) is 5.51. The van der Waals surface area contributed by atoms with E-state index in [-0.39, 0.29) is 23.8 Å². The van der Waals surface area contributed by atoms with Crippen LogP contribution < -0.4 is 10.5 Å². The highest BCUT2D eigenvalue weighted by atomic mass is 16.2. The van der Waals surface area contributed by atoms with Crippen molar-refractivity contribution in [3.63, 3.8) is 0 Å². The molecule has 2 heterocycles. The molecule has 1 aliphatic heterocycles. The van der Waals surface area contributed by atoms with E-state index >= 15 is 0 Å². The van der Waals surface area contributed by atoms with Gasteiger partial charge < -0.3 is 0 Å². The lowest BCUT2D eigenvalue weighted by Crippen LogP contribution is -2.48. The van der Waals surface area contributed by atoms with Crippen LogP contribution in [0, 0.1) is 20.8 Å². The molecule has 4 rings (SSSR count). The molecule has 6 nitrogen and oxygen atoms in total. The topological polar surface area (TPSA) is 72.3 Å². The van der Waals surface area contributed by atoms with Crippen molar-refractivity contribution in [1.29, 1.82) is 0 Å². The van der Waals surface area contributed by atoms with E-state index < -0.39 is 6.04 Å². The maximum absolute atomic E-state index is 13.4. The standard InChI is InChI=1S/C22H21N3O3/c1-13-8-9-14(2)19(12-13)25-20(26)11-10-18(22(25)28)24-15(3)23-17-7-5-4-6-16(17)21(24)27/h4-9,12,18H,10-11H2,1-3H3. The Kier molecular flexibility index (Phi) is 4.34. The van der Waals surface area contributed by atoms with Crippen molar-refractivity contribution in [2.24, 2.45) is 0 Å². The monoisotopic (exact) mass is 375 g/mol. The largest absolute Gasteiger partial charge is 0.284 e. The molecule has 3 aromatic rings. The van der Waals surface area contributed by atoms with Crippen LogP contribution in [-0.2, 0) is 9.59 Å². The molecule has 0 spiro atoms. The maximum Gasteiger partial charge on any atom is 0.262 e. The number of benzene rings is 2. The number of anilines is 1. The summed E-state index contributed by atoms with van der Waals surface area (Å²) in [5, 5.41) is 0.469. The number of amides is 2. The molecule has 0 bridgehead atoms. The minimum absolute atomic E-state index is 0.197. The second-order valence-corrected chi connectivity index (χ2v) is 7.26. The number of nitrogens with zero attached hydrogens (tertiary/aromatic N) is 3. The normalized spacial score (nSPS) is 17.4. The van der Waals surface area contributed by atoms with Gasteiger partial charge in [-0.3, -0.25) is 19.0 Å². The number of carbonyl (C=O) groups is 2. The van der Waals surface area contributed by atoms with Crippen LogP contribution in [0.3, 0.4) is 0 Å². The van der Waals surface area contributed by atoms with Gasteiger partial charge in [0.05, 0.1) is 16.6 Å². The van der Waals surface area contributed by atoms with E-state index in [1.165, 1.54) is 9.47 Å². The Morgan fingerprint density at radius 1 is 1.00 bits per heavy atom. The number of hydrogen-bond donors (Lipinski definition) is 0. The minimum atomic E-state index is -0.748. The van der Waals surface area contributed by atoms with Crippen LogP contribution in [0.1, 0.15) is 35.8 Å². The van der Waals surface area contributed by atoms with Crippen LogP contribution in [0.15, 0.2) is 47.3 Å². The second kappa shape index (κ2) is 6.71. The van der Waals surface area contributed by atoms with E-state index in [0.29, 0.717) is 28.8 Å². The number of hydrogen-bond acceptors (Lipinski definition) is 4. The Morgan fingerprint density at radius 3 is 2.54 bits per heavy atom. The predicted molar refractivity (Wildman–Crippen MR) is 107 cm³/mol. The average molecular weight is 375 g/mol. The molecular weight excluding hydrogens is 354 g/mol. The molecule has 1 unspecified atom stereocenters. The first kappa shape index (κ1) is 18.1. The molecule has 1 saturated heterocycles. The number of piperidine rings is 1. The zero-order valence-corrected chi connectivity index (χ0v) is 16.1. The number of fused-ring (bicyclic) bond motifs is 1. The fraction of sp³-hybridized carbons (Fsp3) is 0.273. The number of para-hydroxylation sites is 1. The molecule has 1 aromatic heterocycles. The van der Waals surface area contributed by atoms with Crippen molar-refractivity contribution in [3.8, 4) is 0 Å². The van der Waals surface area contributed by atoms with Crippen LogP contribution in [-0.4, -0.2) is 21.4 Å². The molecule has 0 saturated carbocycles. The maximum atomic E-state index is 13.4. The molecule has 1 aliphatic rings. The molecule has 6 heteroatoms. The smallest absolute Gasteiger partial charge is 0.262 e. The van der Waals surface area contributed by atoms with E-state index in [1.807, 2.05) is 38.1 Å². The minimum Gasteiger partial charge on any atom is -0.284 e. The van der Waals surface area contributed by atoms with Crippen LogP contribution >= 0.6 is 0 Å². The quantitative estimate of drug-likeness (QED) is 0.645. The molecule has 142 valence electrons. The predicted octanol–water partition coefficient (Wildman–Crippen LogP) is 3.22. The summed E-state index contributed by atoms with van der Waals surface area (Å²) in [5.41, 5.74) is 2.74. The summed E-state index contributed by atoms with van der Waals surface area (Å²) in [6, 6.07) is 12.0. The summed E-state index contributed by atoms with van der Waals surface area (Å²) in [6.07, 6.45) is 0.488. The fourth-order valence-corrected chi connectivity index (χ4v) is 3.84. The van der Waals surface area contributed by atoms with Gasteiger partial charge in [-0.15, -0.1) is 0 Å². The van der Waals surface area contributed by atoms with Crippen LogP contribution in [0.25, 0.3) is 10.9 Å². The molecule has 0 radical (unpaired) electrons. The lowest BCUT2D eigenvalue weighted by molar-refractivity contribution is -0.131. The van der Waals surface area contributed by atoms with Crippen molar-refractivity contribution in [2.45, 2.75) is 39.7 Å². The summed E-state index contributed by atoms with van der Waals surface area (Å²) in [7, 11) is 0. The van der Waals surface area contributed by atoms with Gasteiger partial charge in [0.1, 0.15) is 11.9 Å². The van der Waals surface area contributed by atoms with Crippen molar-refractivity contribution in [1.82, 2.24) is 9.55 Å². The Hall–Kier alpha value is -3.28. The van der Waals surface area contributed by atoms with Gasteiger partial charge in [0.15, 0.2) is 0 Å². The Balaban J connectivity index is 1.85. The van der Waals surface area contributed by atoms with Gasteiger partial charge in [0, 0.05) is 6.42 Å². The molecule has 2 amide bonds. The third-order valence-corrected chi connectivity index (χ3v) is 5.29. The average Bonchev–Trinajstić information content (AvgIpc) is 2.66. The SMILES string of the molecule is Cc1ccc(C)c(N2C(=O)CCC(n3c(C)nc4ccccc4c3=O)C2=O)c1. The summed E-state index contributed by atoms with van der Waals surface area (Å²) in [5.74, 6) is -0.154. The van der Waals surface area contributed by atoms with E-state index in [1.54, 1.807) is 25.1 Å². The number of rotatable bonds is 2. The third kappa shape index (κ3) is 2.81. The van der Waals surface area contributed by atoms with Gasteiger partial charge in [-0.2, -0.15) is 0 Å². The molecule has 28 heavy (non-hydrogen) atoms. The molecule has 1 fully saturated rings. The first-order chi connectivity index (χ1) is 13.4. The van der Waals surface area contributed by atoms with Crippen LogP contribution in [0.5, 0.6) is 0 Å². The van der Waals surface area contributed by atoms with E-state index in [4.69, 9.17) is 0 Å². The van der Waals surface area contributed by atoms with Crippen molar-refractivity contribution < 1.29 is 9.59 Å². The number of carbonyl (C=O) groups excluding carboxylic acids is 2. The molecule has 2 aromatic carbocycles. The van der Waals surface area contributed by atoms with Gasteiger partial charge in [-0.05, 0) is 56.5 Å². The van der Waals surface area contributed by atoms with Crippen LogP contribution in [0.4, 0.5) is 5.69 Å². The van der Waals surface area contributed by atoms with Gasteiger partial charge in [-0.25, -0.2) is 9.88 Å². The summed E-state index contributed by atoms with van der Waals surface area (Å²) >= 11 is 0. The second-order valence-electron chi connectivity index (χ2n) is 7.26. The summed E-state index contributed by atoms with van der Waals surface area (Å²) < 4.78 is 1.44. The van der Waals surface area contributed by atoms with E-state index in [9.17, 15) is 14.4 Å². The van der Waals surface area contributed by atoms with Crippen molar-refractivity contribution in [2.75, 3.05) is 4.90 Å². The highest BCUT2D eigenvalue weighted by Crippen LogP contribution is 2.31. The highest BCUT2D eigenvalue weighted by molar-refractivity contribution is 6.18. The number of aryl methyl sites for hydroxylation is 3. The Labute approximate surface area is 162 Å². The molecular formula is C22H21N3O3.